The molecule has 2 rings (SSSR count). The quantitative estimate of drug-likeness (QED) is 0.729. The monoisotopic (exact) mass is 266 g/mol. The number of unbranched alkanes of at least 4 members (excludes halogenated alkanes) is 1. The van der Waals surface area contributed by atoms with E-state index in [1.54, 1.807) is 0 Å². The maximum Gasteiger partial charge on any atom is 0.202 e. The lowest BCUT2D eigenvalue weighted by molar-refractivity contribution is 0.0369. The average molecular weight is 266 g/mol. The number of imidazole rings is 1. The van der Waals surface area contributed by atoms with Crippen molar-refractivity contribution in [1.29, 1.82) is 0 Å². The van der Waals surface area contributed by atoms with Crippen LogP contribution in [-0.2, 0) is 11.3 Å². The van der Waals surface area contributed by atoms with Crippen molar-refractivity contribution in [3.8, 4) is 0 Å². The summed E-state index contributed by atoms with van der Waals surface area (Å²) < 4.78 is 7.58. The van der Waals surface area contributed by atoms with E-state index in [0.717, 1.165) is 51.9 Å². The van der Waals surface area contributed by atoms with E-state index in [0.29, 0.717) is 0 Å². The summed E-state index contributed by atoms with van der Waals surface area (Å²) in [4.78, 5) is 6.85. The van der Waals surface area contributed by atoms with E-state index in [1.165, 1.54) is 19.3 Å². The Bertz CT molecular complexity index is 347. The molecule has 1 fully saturated rings. The van der Waals surface area contributed by atoms with Crippen molar-refractivity contribution in [2.75, 3.05) is 44.7 Å². The number of hydrogen-bond donors (Lipinski definition) is 1. The maximum absolute atomic E-state index is 5.36. The maximum atomic E-state index is 5.36. The van der Waals surface area contributed by atoms with E-state index in [2.05, 4.69) is 32.9 Å². The topological polar surface area (TPSA) is 42.3 Å². The van der Waals surface area contributed by atoms with E-state index < -0.39 is 0 Å². The Morgan fingerprint density at radius 2 is 2.11 bits per heavy atom. The first kappa shape index (κ1) is 14.3. The second-order valence-electron chi connectivity index (χ2n) is 5.03. The zero-order valence-electron chi connectivity index (χ0n) is 12.0. The Kier molecular flexibility index (Phi) is 6.17. The number of anilines is 1. The van der Waals surface area contributed by atoms with Gasteiger partial charge in [0.05, 0.1) is 13.2 Å². The van der Waals surface area contributed by atoms with Gasteiger partial charge in [-0.15, -0.1) is 0 Å². The molecular weight excluding hydrogens is 240 g/mol. The lowest BCUT2D eigenvalue weighted by atomic mass is 10.3. The molecule has 2 heterocycles. The summed E-state index contributed by atoms with van der Waals surface area (Å²) in [5.74, 6) is 1.01. The third-order valence-corrected chi connectivity index (χ3v) is 3.51. The highest BCUT2D eigenvalue weighted by Gasteiger charge is 2.09. The van der Waals surface area contributed by atoms with Crippen LogP contribution in [0.4, 0.5) is 5.95 Å². The highest BCUT2D eigenvalue weighted by molar-refractivity contribution is 5.25. The van der Waals surface area contributed by atoms with Crippen LogP contribution < -0.4 is 5.32 Å². The third-order valence-electron chi connectivity index (χ3n) is 3.51. The molecule has 0 amide bonds. The summed E-state index contributed by atoms with van der Waals surface area (Å²) in [5, 5.41) is 3.40. The van der Waals surface area contributed by atoms with Crippen molar-refractivity contribution in [1.82, 2.24) is 14.5 Å². The van der Waals surface area contributed by atoms with E-state index in [1.807, 2.05) is 6.20 Å². The number of ether oxygens (including phenoxy) is 1. The van der Waals surface area contributed by atoms with Crippen molar-refractivity contribution in [2.24, 2.45) is 0 Å². The first-order valence-electron chi connectivity index (χ1n) is 7.45. The average Bonchev–Trinajstić information content (AvgIpc) is 2.88. The third kappa shape index (κ3) is 4.84. The van der Waals surface area contributed by atoms with E-state index >= 15 is 0 Å². The Labute approximate surface area is 116 Å². The number of nitrogens with zero attached hydrogens (tertiary/aromatic N) is 3. The minimum Gasteiger partial charge on any atom is -0.379 e. The fraction of sp³-hybridized carbons (Fsp3) is 0.786. The summed E-state index contributed by atoms with van der Waals surface area (Å²) in [6.45, 7) is 9.32. The zero-order valence-corrected chi connectivity index (χ0v) is 12.0. The SMILES string of the molecule is CCCCNc1nccn1CCCN1CCOCC1. The molecule has 1 aliphatic rings. The molecule has 1 saturated heterocycles. The molecule has 1 aliphatic heterocycles. The van der Waals surface area contributed by atoms with E-state index in [-0.39, 0.29) is 0 Å². The largest absolute Gasteiger partial charge is 0.379 e. The van der Waals surface area contributed by atoms with Gasteiger partial charge in [0.2, 0.25) is 5.95 Å². The number of hydrogen-bond acceptors (Lipinski definition) is 4. The van der Waals surface area contributed by atoms with Gasteiger partial charge in [-0.2, -0.15) is 0 Å². The molecule has 1 aromatic heterocycles. The van der Waals surface area contributed by atoms with Crippen LogP contribution in [0.1, 0.15) is 26.2 Å². The Morgan fingerprint density at radius 1 is 1.26 bits per heavy atom. The normalized spacial score (nSPS) is 16.7. The van der Waals surface area contributed by atoms with Crippen LogP contribution >= 0.6 is 0 Å². The van der Waals surface area contributed by atoms with Gasteiger partial charge in [0, 0.05) is 45.1 Å². The van der Waals surface area contributed by atoms with Gasteiger partial charge < -0.3 is 14.6 Å². The van der Waals surface area contributed by atoms with Crippen LogP contribution in [0.5, 0.6) is 0 Å². The molecule has 1 N–H and O–H groups in total. The minimum atomic E-state index is 0.884. The molecule has 0 aliphatic carbocycles. The fourth-order valence-electron chi connectivity index (χ4n) is 2.32. The summed E-state index contributed by atoms with van der Waals surface area (Å²) in [6, 6.07) is 0. The number of rotatable bonds is 8. The Morgan fingerprint density at radius 3 is 2.89 bits per heavy atom. The molecule has 108 valence electrons. The number of morpholine rings is 1. The van der Waals surface area contributed by atoms with Gasteiger partial charge in [0.15, 0.2) is 0 Å². The zero-order chi connectivity index (χ0) is 13.3. The second-order valence-corrected chi connectivity index (χ2v) is 5.03. The minimum absolute atomic E-state index is 0.884. The molecule has 1 aromatic rings. The molecule has 0 aromatic carbocycles. The van der Waals surface area contributed by atoms with Gasteiger partial charge in [-0.3, -0.25) is 4.90 Å². The van der Waals surface area contributed by atoms with Crippen LogP contribution in [0.3, 0.4) is 0 Å². The highest BCUT2D eigenvalue weighted by Crippen LogP contribution is 2.07. The lowest BCUT2D eigenvalue weighted by Gasteiger charge is -2.26. The van der Waals surface area contributed by atoms with Crippen LogP contribution in [-0.4, -0.2) is 53.8 Å². The molecule has 0 saturated carbocycles. The molecule has 5 heteroatoms. The van der Waals surface area contributed by atoms with Crippen LogP contribution in [0.15, 0.2) is 12.4 Å². The standard InChI is InChI=1S/C14H26N4O/c1-2-3-5-15-14-16-6-9-18(14)8-4-7-17-10-12-19-13-11-17/h6,9H,2-5,7-8,10-13H2,1H3,(H,15,16). The van der Waals surface area contributed by atoms with Crippen molar-refractivity contribution in [3.05, 3.63) is 12.4 Å². The van der Waals surface area contributed by atoms with Gasteiger partial charge >= 0.3 is 0 Å². The van der Waals surface area contributed by atoms with E-state index in [9.17, 15) is 0 Å². The molecular formula is C14H26N4O. The van der Waals surface area contributed by atoms with Gasteiger partial charge in [-0.25, -0.2) is 4.98 Å². The van der Waals surface area contributed by atoms with Crippen molar-refractivity contribution >= 4 is 5.95 Å². The smallest absolute Gasteiger partial charge is 0.202 e. The Hall–Kier alpha value is -1.07. The van der Waals surface area contributed by atoms with Crippen LogP contribution in [0.2, 0.25) is 0 Å². The predicted octanol–water partition coefficient (Wildman–Crippen LogP) is 1.82. The predicted molar refractivity (Wildman–Crippen MR) is 77.5 cm³/mol. The first-order valence-corrected chi connectivity index (χ1v) is 7.45. The molecule has 19 heavy (non-hydrogen) atoms. The fourth-order valence-corrected chi connectivity index (χ4v) is 2.32. The molecule has 0 unspecified atom stereocenters. The second kappa shape index (κ2) is 8.17. The van der Waals surface area contributed by atoms with Gasteiger partial charge in [0.25, 0.3) is 0 Å². The Balaban J connectivity index is 1.68. The van der Waals surface area contributed by atoms with Crippen molar-refractivity contribution < 1.29 is 4.74 Å². The van der Waals surface area contributed by atoms with Gasteiger partial charge in [0.1, 0.15) is 0 Å². The van der Waals surface area contributed by atoms with Crippen molar-refractivity contribution in [3.63, 3.8) is 0 Å². The number of aromatic nitrogens is 2. The molecule has 0 bridgehead atoms. The first-order chi connectivity index (χ1) is 9.40. The van der Waals surface area contributed by atoms with E-state index in [4.69, 9.17) is 4.74 Å². The number of aryl methyl sites for hydroxylation is 1. The van der Waals surface area contributed by atoms with Gasteiger partial charge in [-0.05, 0) is 12.8 Å². The van der Waals surface area contributed by atoms with Crippen LogP contribution in [0.25, 0.3) is 0 Å². The number of nitrogens with one attached hydrogen (secondary N) is 1. The van der Waals surface area contributed by atoms with Gasteiger partial charge in [-0.1, -0.05) is 13.3 Å². The highest BCUT2D eigenvalue weighted by atomic mass is 16.5. The summed E-state index contributed by atoms with van der Waals surface area (Å²) >= 11 is 0. The van der Waals surface area contributed by atoms with Crippen LogP contribution in [0, 0.1) is 0 Å². The molecule has 0 atom stereocenters. The molecule has 0 spiro atoms. The van der Waals surface area contributed by atoms with Crippen molar-refractivity contribution in [2.45, 2.75) is 32.7 Å². The summed E-state index contributed by atoms with van der Waals surface area (Å²) in [5.41, 5.74) is 0. The summed E-state index contributed by atoms with van der Waals surface area (Å²) in [6.07, 6.45) is 7.51. The molecule has 0 radical (unpaired) electrons. The lowest BCUT2D eigenvalue weighted by Crippen LogP contribution is -2.37. The molecule has 5 nitrogen and oxygen atoms in total. The summed E-state index contributed by atoms with van der Waals surface area (Å²) in [7, 11) is 0.